The molecule has 166 valence electrons. The zero-order chi connectivity index (χ0) is 22.2. The van der Waals surface area contributed by atoms with Crippen molar-refractivity contribution >= 4 is 17.6 Å². The largest absolute Gasteiger partial charge is 0.384 e. The van der Waals surface area contributed by atoms with Gasteiger partial charge in [0, 0.05) is 19.2 Å². The lowest BCUT2D eigenvalue weighted by molar-refractivity contribution is -0.129. The SMILES string of the molecule is Nc1ccc(CNC(=O)[C@H](Cc2ccc(F)c(F)c2)NC(=O)CN2CCCCC2)cn1. The predicted molar refractivity (Wildman–Crippen MR) is 113 cm³/mol. The van der Waals surface area contributed by atoms with E-state index in [2.05, 4.69) is 15.6 Å². The molecule has 0 saturated carbocycles. The number of nitrogens with one attached hydrogen (secondary N) is 2. The summed E-state index contributed by atoms with van der Waals surface area (Å²) >= 11 is 0. The van der Waals surface area contributed by atoms with E-state index in [9.17, 15) is 18.4 Å². The number of aromatic nitrogens is 1. The van der Waals surface area contributed by atoms with Gasteiger partial charge in [-0.3, -0.25) is 14.5 Å². The zero-order valence-electron chi connectivity index (χ0n) is 17.2. The van der Waals surface area contributed by atoms with Gasteiger partial charge >= 0.3 is 0 Å². The van der Waals surface area contributed by atoms with E-state index in [0.717, 1.165) is 50.0 Å². The third-order valence-electron chi connectivity index (χ3n) is 5.21. The van der Waals surface area contributed by atoms with E-state index in [0.29, 0.717) is 11.4 Å². The maximum atomic E-state index is 13.6. The van der Waals surface area contributed by atoms with Crippen LogP contribution in [-0.4, -0.2) is 47.4 Å². The molecule has 31 heavy (non-hydrogen) atoms. The second-order valence-corrected chi connectivity index (χ2v) is 7.72. The Morgan fingerprint density at radius 1 is 1.06 bits per heavy atom. The summed E-state index contributed by atoms with van der Waals surface area (Å²) in [5.74, 6) is -2.29. The molecule has 1 atom stereocenters. The van der Waals surface area contributed by atoms with Gasteiger partial charge in [0.1, 0.15) is 11.9 Å². The lowest BCUT2D eigenvalue weighted by Crippen LogP contribution is -2.50. The van der Waals surface area contributed by atoms with E-state index in [1.165, 1.54) is 6.07 Å². The Balaban J connectivity index is 1.65. The average Bonchev–Trinajstić information content (AvgIpc) is 2.76. The molecule has 7 nitrogen and oxygen atoms in total. The minimum Gasteiger partial charge on any atom is -0.384 e. The van der Waals surface area contributed by atoms with Crippen LogP contribution in [0.25, 0.3) is 0 Å². The molecule has 2 heterocycles. The molecule has 0 spiro atoms. The van der Waals surface area contributed by atoms with Crippen LogP contribution in [0.5, 0.6) is 0 Å². The van der Waals surface area contributed by atoms with Crippen LogP contribution in [-0.2, 0) is 22.6 Å². The Labute approximate surface area is 180 Å². The highest BCUT2D eigenvalue weighted by Gasteiger charge is 2.23. The van der Waals surface area contributed by atoms with Gasteiger partial charge in [-0.2, -0.15) is 0 Å². The Morgan fingerprint density at radius 3 is 2.48 bits per heavy atom. The number of likely N-dealkylation sites (tertiary alicyclic amines) is 1. The molecule has 9 heteroatoms. The topological polar surface area (TPSA) is 100 Å². The van der Waals surface area contributed by atoms with Crippen molar-refractivity contribution in [2.45, 2.75) is 38.3 Å². The van der Waals surface area contributed by atoms with Gasteiger partial charge in [-0.1, -0.05) is 18.6 Å². The number of pyridine rings is 1. The standard InChI is InChI=1S/C22H27F2N5O2/c23-17-6-4-15(10-18(17)24)11-19(28-21(30)14-29-8-2-1-3-9-29)22(31)27-13-16-5-7-20(25)26-12-16/h4-7,10,12,19H,1-3,8-9,11,13-14H2,(H2,25,26)(H,27,31)(H,28,30)/t19-/m0/s1. The fourth-order valence-electron chi connectivity index (χ4n) is 3.53. The number of benzene rings is 1. The van der Waals surface area contributed by atoms with Gasteiger partial charge in [0.2, 0.25) is 11.8 Å². The summed E-state index contributed by atoms with van der Waals surface area (Å²) in [5, 5.41) is 5.51. The molecular formula is C22H27F2N5O2. The zero-order valence-corrected chi connectivity index (χ0v) is 17.2. The van der Waals surface area contributed by atoms with Crippen LogP contribution in [0, 0.1) is 11.6 Å². The van der Waals surface area contributed by atoms with E-state index >= 15 is 0 Å². The fourth-order valence-corrected chi connectivity index (χ4v) is 3.53. The van der Waals surface area contributed by atoms with Gasteiger partial charge < -0.3 is 16.4 Å². The Morgan fingerprint density at radius 2 is 1.81 bits per heavy atom. The minimum atomic E-state index is -0.996. The van der Waals surface area contributed by atoms with Crippen LogP contribution < -0.4 is 16.4 Å². The summed E-state index contributed by atoms with van der Waals surface area (Å²) in [5.41, 5.74) is 6.72. The first-order chi connectivity index (χ1) is 14.9. The van der Waals surface area contributed by atoms with Crippen molar-refractivity contribution in [1.29, 1.82) is 0 Å². The monoisotopic (exact) mass is 431 g/mol. The highest BCUT2D eigenvalue weighted by molar-refractivity contribution is 5.88. The van der Waals surface area contributed by atoms with Crippen LogP contribution in [0.1, 0.15) is 30.4 Å². The van der Waals surface area contributed by atoms with Crippen LogP contribution in [0.4, 0.5) is 14.6 Å². The number of hydrogen-bond donors (Lipinski definition) is 3. The summed E-state index contributed by atoms with van der Waals surface area (Å²) < 4.78 is 26.9. The maximum absolute atomic E-state index is 13.6. The molecule has 0 unspecified atom stereocenters. The number of amides is 2. The number of anilines is 1. The molecule has 1 aliphatic rings. The van der Waals surface area contributed by atoms with E-state index in [-0.39, 0.29) is 25.4 Å². The number of carbonyl (C=O) groups excluding carboxylic acids is 2. The second-order valence-electron chi connectivity index (χ2n) is 7.72. The van der Waals surface area contributed by atoms with Crippen molar-refractivity contribution in [3.8, 4) is 0 Å². The number of nitrogens with two attached hydrogens (primary N) is 1. The van der Waals surface area contributed by atoms with Gasteiger partial charge in [-0.15, -0.1) is 0 Å². The van der Waals surface area contributed by atoms with Crippen molar-refractivity contribution < 1.29 is 18.4 Å². The molecule has 0 bridgehead atoms. The van der Waals surface area contributed by atoms with Gasteiger partial charge in [-0.05, 0) is 55.3 Å². The summed E-state index contributed by atoms with van der Waals surface area (Å²) in [6.45, 7) is 2.08. The van der Waals surface area contributed by atoms with E-state index < -0.39 is 23.6 Å². The molecule has 4 N–H and O–H groups in total. The molecule has 1 aliphatic heterocycles. The van der Waals surface area contributed by atoms with Gasteiger partial charge in [0.05, 0.1) is 6.54 Å². The molecule has 1 fully saturated rings. The molecule has 1 saturated heterocycles. The Bertz CT molecular complexity index is 901. The number of rotatable bonds is 8. The van der Waals surface area contributed by atoms with Crippen LogP contribution in [0.15, 0.2) is 36.5 Å². The predicted octanol–water partition coefficient (Wildman–Crippen LogP) is 1.77. The maximum Gasteiger partial charge on any atom is 0.243 e. The van der Waals surface area contributed by atoms with Crippen molar-refractivity contribution in [1.82, 2.24) is 20.5 Å². The number of carbonyl (C=O) groups is 2. The third kappa shape index (κ3) is 6.99. The lowest BCUT2D eigenvalue weighted by atomic mass is 10.0. The smallest absolute Gasteiger partial charge is 0.243 e. The summed E-state index contributed by atoms with van der Waals surface area (Å²) in [7, 11) is 0. The van der Waals surface area contributed by atoms with E-state index in [1.54, 1.807) is 18.3 Å². The number of nitrogen functional groups attached to an aromatic ring is 1. The molecule has 0 radical (unpaired) electrons. The molecule has 2 amide bonds. The lowest BCUT2D eigenvalue weighted by Gasteiger charge is -2.27. The number of halogens is 2. The van der Waals surface area contributed by atoms with Gasteiger partial charge in [-0.25, -0.2) is 13.8 Å². The highest BCUT2D eigenvalue weighted by Crippen LogP contribution is 2.12. The second kappa shape index (κ2) is 10.8. The van der Waals surface area contributed by atoms with Crippen molar-refractivity contribution in [2.75, 3.05) is 25.4 Å². The molecule has 0 aliphatic carbocycles. The highest BCUT2D eigenvalue weighted by atomic mass is 19.2. The number of nitrogens with zero attached hydrogens (tertiary/aromatic N) is 2. The van der Waals surface area contributed by atoms with E-state index in [4.69, 9.17) is 5.73 Å². The van der Waals surface area contributed by atoms with Crippen molar-refractivity contribution in [2.24, 2.45) is 0 Å². The normalized spacial score (nSPS) is 15.3. The molecule has 1 aromatic heterocycles. The third-order valence-corrected chi connectivity index (χ3v) is 5.21. The summed E-state index contributed by atoms with van der Waals surface area (Å²) in [6, 6.07) is 5.89. The molecule has 3 rings (SSSR count). The summed E-state index contributed by atoms with van der Waals surface area (Å²) in [4.78, 5) is 31.4. The first kappa shape index (κ1) is 22.6. The molecule has 2 aromatic rings. The first-order valence-corrected chi connectivity index (χ1v) is 10.3. The number of hydrogen-bond acceptors (Lipinski definition) is 5. The van der Waals surface area contributed by atoms with Gasteiger partial charge in [0.25, 0.3) is 0 Å². The van der Waals surface area contributed by atoms with Gasteiger partial charge in [0.15, 0.2) is 11.6 Å². The average molecular weight is 431 g/mol. The van der Waals surface area contributed by atoms with Crippen LogP contribution in [0.3, 0.4) is 0 Å². The van der Waals surface area contributed by atoms with E-state index in [1.807, 2.05) is 4.90 Å². The minimum absolute atomic E-state index is 0.0365. The van der Waals surface area contributed by atoms with Crippen molar-refractivity contribution in [3.63, 3.8) is 0 Å². The Hall–Kier alpha value is -3.07. The summed E-state index contributed by atoms with van der Waals surface area (Å²) in [6.07, 6.45) is 4.83. The molecule has 1 aromatic carbocycles. The first-order valence-electron chi connectivity index (χ1n) is 10.3. The van der Waals surface area contributed by atoms with Crippen LogP contribution >= 0.6 is 0 Å². The quantitative estimate of drug-likeness (QED) is 0.592. The fraction of sp³-hybridized carbons (Fsp3) is 0.409. The Kier molecular flexibility index (Phi) is 7.88. The number of piperidine rings is 1. The molecular weight excluding hydrogens is 404 g/mol. The van der Waals surface area contributed by atoms with Crippen LogP contribution in [0.2, 0.25) is 0 Å². The van der Waals surface area contributed by atoms with Crippen molar-refractivity contribution in [3.05, 3.63) is 59.3 Å².